The molecule has 6 heteroatoms. The van der Waals surface area contributed by atoms with E-state index in [0.717, 1.165) is 0 Å². The van der Waals surface area contributed by atoms with Crippen molar-refractivity contribution < 1.29 is 18.0 Å². The van der Waals surface area contributed by atoms with E-state index in [4.69, 9.17) is 4.42 Å². The Morgan fingerprint density at radius 3 is 2.50 bits per heavy atom. The average molecular weight is 326 g/mol. The Bertz CT molecular complexity index is 886. The molecule has 0 aliphatic carbocycles. The fourth-order valence-electron chi connectivity index (χ4n) is 2.05. The van der Waals surface area contributed by atoms with Crippen LogP contribution in [0.1, 0.15) is 16.1 Å². The van der Waals surface area contributed by atoms with E-state index in [2.05, 4.69) is 10.5 Å². The summed E-state index contributed by atoms with van der Waals surface area (Å²) < 4.78 is 31.9. The summed E-state index contributed by atoms with van der Waals surface area (Å²) in [5.74, 6) is -0.681. The van der Waals surface area contributed by atoms with Gasteiger partial charge in [0.05, 0.1) is 11.8 Å². The Kier molecular flexibility index (Phi) is 4.47. The number of benzene rings is 2. The molecule has 24 heavy (non-hydrogen) atoms. The Labute approximate surface area is 136 Å². The van der Waals surface area contributed by atoms with E-state index in [9.17, 15) is 13.6 Å². The molecule has 1 amide bonds. The van der Waals surface area contributed by atoms with E-state index in [1.54, 1.807) is 30.3 Å². The van der Waals surface area contributed by atoms with Gasteiger partial charge in [0.1, 0.15) is 23.2 Å². The summed E-state index contributed by atoms with van der Waals surface area (Å²) in [6, 6.07) is 14.8. The van der Waals surface area contributed by atoms with Crippen LogP contribution in [0.2, 0.25) is 0 Å². The highest BCUT2D eigenvalue weighted by molar-refractivity contribution is 5.94. The Hall–Kier alpha value is -3.28. The van der Waals surface area contributed by atoms with E-state index in [1.165, 1.54) is 36.5 Å². The zero-order valence-electron chi connectivity index (χ0n) is 12.4. The van der Waals surface area contributed by atoms with Crippen LogP contribution in [-0.2, 0) is 0 Å². The molecule has 0 fully saturated rings. The molecule has 0 bridgehead atoms. The van der Waals surface area contributed by atoms with Crippen molar-refractivity contribution in [3.8, 4) is 11.3 Å². The topological polar surface area (TPSA) is 54.6 Å². The molecule has 0 atom stereocenters. The number of hydrazone groups is 1. The molecule has 3 aromatic rings. The van der Waals surface area contributed by atoms with Gasteiger partial charge in [-0.25, -0.2) is 14.2 Å². The summed E-state index contributed by atoms with van der Waals surface area (Å²) in [5, 5.41) is 3.74. The smallest absolute Gasteiger partial charge is 0.274 e. The molecule has 120 valence electrons. The third-order valence-electron chi connectivity index (χ3n) is 3.23. The van der Waals surface area contributed by atoms with Gasteiger partial charge in [-0.3, -0.25) is 4.79 Å². The number of carbonyl (C=O) groups excluding carboxylic acids is 1. The average Bonchev–Trinajstić information content (AvgIpc) is 3.04. The predicted molar refractivity (Wildman–Crippen MR) is 85.6 cm³/mol. The molecule has 0 unspecified atom stereocenters. The lowest BCUT2D eigenvalue weighted by Crippen LogP contribution is -2.18. The minimum absolute atomic E-state index is 0.0962. The van der Waals surface area contributed by atoms with Crippen LogP contribution in [0.3, 0.4) is 0 Å². The van der Waals surface area contributed by atoms with Gasteiger partial charge < -0.3 is 4.42 Å². The fraction of sp³-hybridized carbons (Fsp3) is 0. The first-order valence-corrected chi connectivity index (χ1v) is 7.07. The van der Waals surface area contributed by atoms with Crippen molar-refractivity contribution in [3.05, 3.63) is 83.6 Å². The molecule has 0 radical (unpaired) electrons. The van der Waals surface area contributed by atoms with Crippen molar-refractivity contribution in [1.29, 1.82) is 0 Å². The second-order valence-corrected chi connectivity index (χ2v) is 4.89. The largest absolute Gasteiger partial charge is 0.455 e. The summed E-state index contributed by atoms with van der Waals surface area (Å²) in [7, 11) is 0. The van der Waals surface area contributed by atoms with Crippen molar-refractivity contribution in [2.45, 2.75) is 0 Å². The molecule has 1 aromatic heterocycles. The minimum Gasteiger partial charge on any atom is -0.455 e. The zero-order chi connectivity index (χ0) is 16.9. The van der Waals surface area contributed by atoms with Crippen LogP contribution in [0.4, 0.5) is 8.78 Å². The summed E-state index contributed by atoms with van der Waals surface area (Å²) in [5.41, 5.74) is 2.84. The predicted octanol–water partition coefficient (Wildman–Crippen LogP) is 3.99. The SMILES string of the molecule is O=C(N/N=C/c1ccc(-c2ccc(F)cc2)o1)c1ccccc1F. The third kappa shape index (κ3) is 3.55. The van der Waals surface area contributed by atoms with Gasteiger partial charge in [-0.05, 0) is 48.5 Å². The summed E-state index contributed by atoms with van der Waals surface area (Å²) in [6.07, 6.45) is 1.30. The standard InChI is InChI=1S/C18H12F2N2O2/c19-13-7-5-12(6-8-13)17-10-9-14(24-17)11-21-22-18(23)15-3-1-2-4-16(15)20/h1-11H,(H,22,23)/b21-11+. The maximum atomic E-state index is 13.5. The fourth-order valence-corrected chi connectivity index (χ4v) is 2.05. The number of nitrogens with zero attached hydrogens (tertiary/aromatic N) is 1. The van der Waals surface area contributed by atoms with Crippen LogP contribution in [0.15, 0.2) is 70.2 Å². The molecule has 0 spiro atoms. The van der Waals surface area contributed by atoms with Crippen molar-refractivity contribution in [1.82, 2.24) is 5.43 Å². The van der Waals surface area contributed by atoms with Gasteiger partial charge in [-0.2, -0.15) is 5.10 Å². The van der Waals surface area contributed by atoms with Crippen LogP contribution in [-0.4, -0.2) is 12.1 Å². The van der Waals surface area contributed by atoms with Crippen LogP contribution in [0, 0.1) is 11.6 Å². The maximum absolute atomic E-state index is 13.5. The highest BCUT2D eigenvalue weighted by atomic mass is 19.1. The molecule has 1 heterocycles. The van der Waals surface area contributed by atoms with Crippen LogP contribution in [0.25, 0.3) is 11.3 Å². The molecule has 0 saturated carbocycles. The normalized spacial score (nSPS) is 10.9. The van der Waals surface area contributed by atoms with Crippen LogP contribution in [0.5, 0.6) is 0 Å². The van der Waals surface area contributed by atoms with Gasteiger partial charge >= 0.3 is 0 Å². The number of nitrogens with one attached hydrogen (secondary N) is 1. The first-order chi connectivity index (χ1) is 11.6. The van der Waals surface area contributed by atoms with E-state index < -0.39 is 11.7 Å². The highest BCUT2D eigenvalue weighted by Gasteiger charge is 2.09. The molecule has 0 saturated heterocycles. The number of furan rings is 1. The Morgan fingerprint density at radius 2 is 1.75 bits per heavy atom. The van der Waals surface area contributed by atoms with Gasteiger partial charge in [0.25, 0.3) is 5.91 Å². The van der Waals surface area contributed by atoms with E-state index in [1.807, 2.05) is 0 Å². The Balaban J connectivity index is 1.66. The van der Waals surface area contributed by atoms with Gasteiger partial charge in [-0.1, -0.05) is 12.1 Å². The lowest BCUT2D eigenvalue weighted by atomic mass is 10.2. The molecule has 1 N–H and O–H groups in total. The second kappa shape index (κ2) is 6.87. The second-order valence-electron chi connectivity index (χ2n) is 4.89. The number of halogens is 2. The quantitative estimate of drug-likeness (QED) is 0.582. The number of amides is 1. The van der Waals surface area contributed by atoms with E-state index >= 15 is 0 Å². The molecular formula is C18H12F2N2O2. The maximum Gasteiger partial charge on any atom is 0.274 e. The van der Waals surface area contributed by atoms with Gasteiger partial charge in [0.2, 0.25) is 0 Å². The summed E-state index contributed by atoms with van der Waals surface area (Å²) in [6.45, 7) is 0. The highest BCUT2D eigenvalue weighted by Crippen LogP contribution is 2.21. The first kappa shape index (κ1) is 15.6. The number of rotatable bonds is 4. The van der Waals surface area contributed by atoms with Crippen molar-refractivity contribution in [2.24, 2.45) is 5.10 Å². The summed E-state index contributed by atoms with van der Waals surface area (Å²) >= 11 is 0. The lowest BCUT2D eigenvalue weighted by molar-refractivity contribution is 0.0951. The van der Waals surface area contributed by atoms with E-state index in [0.29, 0.717) is 17.1 Å². The van der Waals surface area contributed by atoms with Crippen molar-refractivity contribution in [2.75, 3.05) is 0 Å². The van der Waals surface area contributed by atoms with Gasteiger partial charge in [-0.15, -0.1) is 0 Å². The Morgan fingerprint density at radius 1 is 1.00 bits per heavy atom. The molecular weight excluding hydrogens is 314 g/mol. The number of hydrogen-bond donors (Lipinski definition) is 1. The number of carbonyl (C=O) groups is 1. The number of hydrogen-bond acceptors (Lipinski definition) is 3. The molecule has 3 rings (SSSR count). The van der Waals surface area contributed by atoms with E-state index in [-0.39, 0.29) is 11.4 Å². The monoisotopic (exact) mass is 326 g/mol. The van der Waals surface area contributed by atoms with Gasteiger partial charge in [0.15, 0.2) is 0 Å². The molecule has 2 aromatic carbocycles. The van der Waals surface area contributed by atoms with Crippen molar-refractivity contribution >= 4 is 12.1 Å². The zero-order valence-corrected chi connectivity index (χ0v) is 12.4. The summed E-state index contributed by atoms with van der Waals surface area (Å²) in [4.78, 5) is 11.8. The molecule has 4 nitrogen and oxygen atoms in total. The molecule has 0 aliphatic rings. The van der Waals surface area contributed by atoms with Crippen molar-refractivity contribution in [3.63, 3.8) is 0 Å². The lowest BCUT2D eigenvalue weighted by Gasteiger charge is -2.00. The molecule has 0 aliphatic heterocycles. The first-order valence-electron chi connectivity index (χ1n) is 7.07. The van der Waals surface area contributed by atoms with Crippen LogP contribution < -0.4 is 5.43 Å². The third-order valence-corrected chi connectivity index (χ3v) is 3.23. The van der Waals surface area contributed by atoms with Gasteiger partial charge in [0, 0.05) is 5.56 Å². The minimum atomic E-state index is -0.658. The van der Waals surface area contributed by atoms with Crippen LogP contribution >= 0.6 is 0 Å².